The van der Waals surface area contributed by atoms with Crippen molar-refractivity contribution in [2.24, 2.45) is 0 Å². The van der Waals surface area contributed by atoms with Gasteiger partial charge in [-0.15, -0.1) is 0 Å². The Hall–Kier alpha value is -1.90. The molecule has 2 aromatic carbocycles. The van der Waals surface area contributed by atoms with Crippen molar-refractivity contribution in [3.05, 3.63) is 61.0 Å². The maximum atomic E-state index is 12.8. The number of ether oxygens (including phenoxy) is 2. The molecule has 33 heavy (non-hydrogen) atoms. The summed E-state index contributed by atoms with van der Waals surface area (Å²) < 4.78 is 10.4. The summed E-state index contributed by atoms with van der Waals surface area (Å²) in [6.07, 6.45) is 0.162. The zero-order chi connectivity index (χ0) is 24.1. The second-order valence-corrected chi connectivity index (χ2v) is 8.87. The van der Waals surface area contributed by atoms with E-state index in [0.29, 0.717) is 19.4 Å². The van der Waals surface area contributed by atoms with Crippen molar-refractivity contribution in [2.75, 3.05) is 13.1 Å². The molecule has 2 amide bonds. The molecule has 0 bridgehead atoms. The van der Waals surface area contributed by atoms with E-state index < -0.39 is 24.0 Å². The topological polar surface area (TPSA) is 84.9 Å². The number of halogens is 5. The van der Waals surface area contributed by atoms with Crippen molar-refractivity contribution in [2.45, 2.75) is 25.5 Å². The number of likely N-dealkylation sites (tertiary alicyclic amines) is 1. The van der Waals surface area contributed by atoms with Gasteiger partial charge in [-0.05, 0) is 18.4 Å². The molecule has 12 heteroatoms. The number of benzene rings is 2. The van der Waals surface area contributed by atoms with Gasteiger partial charge in [0.1, 0.15) is 29.2 Å². The van der Waals surface area contributed by atoms with E-state index in [2.05, 4.69) is 5.32 Å². The Balaban J connectivity index is 1.58. The fraction of sp³-hybridized carbons (Fsp3) is 0.286. The number of hydrogen-bond donors (Lipinski definition) is 1. The van der Waals surface area contributed by atoms with Gasteiger partial charge in [0.05, 0.1) is 15.1 Å². The normalized spacial score (nSPS) is 15.3. The molecule has 1 atom stereocenters. The number of amides is 2. The highest BCUT2D eigenvalue weighted by Crippen LogP contribution is 2.48. The van der Waals surface area contributed by atoms with E-state index in [1.54, 1.807) is 12.1 Å². The van der Waals surface area contributed by atoms with Gasteiger partial charge in [0.25, 0.3) is 0 Å². The summed E-state index contributed by atoms with van der Waals surface area (Å²) in [5.74, 6) is -1.49. The maximum absolute atomic E-state index is 12.8. The van der Waals surface area contributed by atoms with E-state index in [1.807, 2.05) is 18.2 Å². The van der Waals surface area contributed by atoms with E-state index in [4.69, 9.17) is 67.5 Å². The Kier molecular flexibility index (Phi) is 8.95. The number of rotatable bonds is 6. The Labute approximate surface area is 214 Å². The number of nitrogens with zero attached hydrogens (tertiary/aromatic N) is 1. The second kappa shape index (κ2) is 11.5. The highest BCUT2D eigenvalue weighted by atomic mass is 35.5. The smallest absolute Gasteiger partial charge is 0.407 e. The Morgan fingerprint density at radius 1 is 0.939 bits per heavy atom. The lowest BCUT2D eigenvalue weighted by Crippen LogP contribution is -2.46. The number of carbonyl (C=O) groups is 3. The SMILES string of the molecule is O=C(NCC(=O)N1CCCC1C(=O)Oc1c(Cl)c(Cl)c(Cl)c(Cl)c1Cl)OCc1ccccc1. The number of alkyl carbamates (subject to hydrolysis) is 1. The van der Waals surface area contributed by atoms with Crippen LogP contribution in [0, 0.1) is 0 Å². The van der Waals surface area contributed by atoms with Gasteiger partial charge < -0.3 is 19.7 Å². The molecule has 1 heterocycles. The molecule has 1 aliphatic rings. The third-order valence-corrected chi connectivity index (χ3v) is 7.06. The first-order valence-corrected chi connectivity index (χ1v) is 11.6. The molecule has 0 aromatic heterocycles. The van der Waals surface area contributed by atoms with Crippen molar-refractivity contribution in [3.63, 3.8) is 0 Å². The standard InChI is InChI=1S/C21H17Cl5N2O5/c22-14-15(23)17(25)19(18(26)16(14)24)33-20(30)12-7-4-8-28(12)13(29)9-27-21(31)32-10-11-5-2-1-3-6-11/h1-3,5-6,12H,4,7-10H2,(H,27,31). The minimum atomic E-state index is -0.903. The van der Waals surface area contributed by atoms with Crippen LogP contribution < -0.4 is 10.1 Å². The highest BCUT2D eigenvalue weighted by Gasteiger charge is 2.36. The van der Waals surface area contributed by atoms with Crippen molar-refractivity contribution >= 4 is 76.0 Å². The highest BCUT2D eigenvalue weighted by molar-refractivity contribution is 6.55. The van der Waals surface area contributed by atoms with Crippen LogP contribution in [0.3, 0.4) is 0 Å². The van der Waals surface area contributed by atoms with Crippen LogP contribution >= 0.6 is 58.0 Å². The second-order valence-electron chi connectivity index (χ2n) is 6.98. The predicted octanol–water partition coefficient (Wildman–Crippen LogP) is 5.78. The lowest BCUT2D eigenvalue weighted by atomic mass is 10.2. The van der Waals surface area contributed by atoms with Crippen LogP contribution in [0.4, 0.5) is 4.79 Å². The monoisotopic (exact) mass is 552 g/mol. The third-order valence-electron chi connectivity index (χ3n) is 4.81. The summed E-state index contributed by atoms with van der Waals surface area (Å²) >= 11 is 30.2. The minimum absolute atomic E-state index is 0.0628. The molecule has 0 aliphatic carbocycles. The van der Waals surface area contributed by atoms with Crippen molar-refractivity contribution in [1.82, 2.24) is 10.2 Å². The molecule has 0 spiro atoms. The van der Waals surface area contributed by atoms with Crippen LogP contribution in [-0.2, 0) is 20.9 Å². The average Bonchev–Trinajstić information content (AvgIpc) is 3.32. The largest absolute Gasteiger partial charge is 0.445 e. The first-order valence-electron chi connectivity index (χ1n) is 9.67. The molecule has 1 N–H and O–H groups in total. The first kappa shape index (κ1) is 25.7. The van der Waals surface area contributed by atoms with Crippen molar-refractivity contribution in [1.29, 1.82) is 0 Å². The number of nitrogens with one attached hydrogen (secondary N) is 1. The van der Waals surface area contributed by atoms with Gasteiger partial charge in [-0.2, -0.15) is 0 Å². The first-order chi connectivity index (χ1) is 15.7. The molecule has 3 rings (SSSR count). The molecule has 1 saturated heterocycles. The molecule has 2 aromatic rings. The van der Waals surface area contributed by atoms with Gasteiger partial charge in [0, 0.05) is 6.54 Å². The zero-order valence-electron chi connectivity index (χ0n) is 16.9. The van der Waals surface area contributed by atoms with Gasteiger partial charge in [-0.1, -0.05) is 88.3 Å². The zero-order valence-corrected chi connectivity index (χ0v) is 20.7. The molecule has 7 nitrogen and oxygen atoms in total. The van der Waals surface area contributed by atoms with E-state index in [1.165, 1.54) is 4.90 Å². The molecule has 1 unspecified atom stereocenters. The van der Waals surface area contributed by atoms with Crippen LogP contribution in [0.1, 0.15) is 18.4 Å². The Morgan fingerprint density at radius 2 is 1.55 bits per heavy atom. The van der Waals surface area contributed by atoms with Gasteiger partial charge >= 0.3 is 12.1 Å². The van der Waals surface area contributed by atoms with Crippen molar-refractivity contribution < 1.29 is 23.9 Å². The van der Waals surface area contributed by atoms with Crippen LogP contribution in [0.2, 0.25) is 25.1 Å². The minimum Gasteiger partial charge on any atom is -0.445 e. The van der Waals surface area contributed by atoms with Crippen molar-refractivity contribution in [3.8, 4) is 5.75 Å². The molecule has 0 saturated carbocycles. The van der Waals surface area contributed by atoms with Crippen LogP contribution in [-0.4, -0.2) is 42.0 Å². The van der Waals surface area contributed by atoms with Gasteiger partial charge in [0.2, 0.25) is 5.91 Å². The van der Waals surface area contributed by atoms with Gasteiger partial charge in [-0.25, -0.2) is 9.59 Å². The molecular weight excluding hydrogens is 538 g/mol. The summed E-state index contributed by atoms with van der Waals surface area (Å²) in [6, 6.07) is 8.19. The fourth-order valence-corrected chi connectivity index (χ4v) is 4.37. The summed E-state index contributed by atoms with van der Waals surface area (Å²) in [5.41, 5.74) is 0.807. The third kappa shape index (κ3) is 6.16. The van der Waals surface area contributed by atoms with E-state index in [-0.39, 0.29) is 44.0 Å². The summed E-state index contributed by atoms with van der Waals surface area (Å²) in [6.45, 7) is 0.0215. The number of hydrogen-bond acceptors (Lipinski definition) is 5. The molecule has 176 valence electrons. The summed E-state index contributed by atoms with van der Waals surface area (Å²) in [4.78, 5) is 38.6. The van der Waals surface area contributed by atoms with E-state index >= 15 is 0 Å². The molecular formula is C21H17Cl5N2O5. The maximum Gasteiger partial charge on any atom is 0.407 e. The van der Waals surface area contributed by atoms with Crippen LogP contribution in [0.15, 0.2) is 30.3 Å². The quantitative estimate of drug-likeness (QED) is 0.212. The number of esters is 1. The Bertz CT molecular complexity index is 1040. The lowest BCUT2D eigenvalue weighted by Gasteiger charge is -2.24. The Morgan fingerprint density at radius 3 is 2.18 bits per heavy atom. The molecule has 0 radical (unpaired) electrons. The fourth-order valence-electron chi connectivity index (χ4n) is 3.18. The van der Waals surface area contributed by atoms with Crippen LogP contribution in [0.25, 0.3) is 0 Å². The predicted molar refractivity (Wildman–Crippen MR) is 126 cm³/mol. The average molecular weight is 555 g/mol. The van der Waals surface area contributed by atoms with Gasteiger partial charge in [0.15, 0.2) is 5.75 Å². The molecule has 1 fully saturated rings. The summed E-state index contributed by atoms with van der Waals surface area (Å²) in [5, 5.41) is 1.72. The van der Waals surface area contributed by atoms with E-state index in [9.17, 15) is 14.4 Å². The van der Waals surface area contributed by atoms with E-state index in [0.717, 1.165) is 5.56 Å². The van der Waals surface area contributed by atoms with Gasteiger partial charge in [-0.3, -0.25) is 4.79 Å². The summed E-state index contributed by atoms with van der Waals surface area (Å²) in [7, 11) is 0. The number of carbonyl (C=O) groups excluding carboxylic acids is 3. The van der Waals surface area contributed by atoms with Crippen LogP contribution in [0.5, 0.6) is 5.75 Å². The lowest BCUT2D eigenvalue weighted by molar-refractivity contribution is -0.145. The molecule has 1 aliphatic heterocycles.